The Morgan fingerprint density at radius 3 is 2.11 bits per heavy atom. The number of unbranched alkanes of at least 4 members (excludes halogenated alkanes) is 2. The van der Waals surface area contributed by atoms with Crippen LogP contribution >= 0.6 is 7.49 Å². The summed E-state index contributed by atoms with van der Waals surface area (Å²) < 4.78 is 0. The van der Waals surface area contributed by atoms with Crippen LogP contribution in [0.3, 0.4) is 0 Å². The topological polar surface area (TPSA) is 20.2 Å². The second-order valence-corrected chi connectivity index (χ2v) is 7.39. The van der Waals surface area contributed by atoms with Gasteiger partial charge in [-0.2, -0.15) is 0 Å². The van der Waals surface area contributed by atoms with Gasteiger partial charge in [0.1, 0.15) is 0 Å². The first-order valence-electron chi connectivity index (χ1n) is 3.78. The van der Waals surface area contributed by atoms with E-state index in [0.717, 1.165) is 6.16 Å². The summed E-state index contributed by atoms with van der Waals surface area (Å²) >= 11 is 0. The van der Waals surface area contributed by atoms with Crippen LogP contribution in [0.1, 0.15) is 26.2 Å². The van der Waals surface area contributed by atoms with Gasteiger partial charge in [0.2, 0.25) is 0 Å². The van der Waals surface area contributed by atoms with Crippen molar-refractivity contribution in [3.05, 3.63) is 0 Å². The van der Waals surface area contributed by atoms with Gasteiger partial charge in [-0.3, -0.25) is 0 Å². The van der Waals surface area contributed by atoms with E-state index in [1.807, 2.05) is 13.3 Å². The molecule has 0 atom stereocenters. The zero-order chi connectivity index (χ0) is 7.33. The van der Waals surface area contributed by atoms with Gasteiger partial charge in [-0.15, -0.1) is 0 Å². The van der Waals surface area contributed by atoms with Gasteiger partial charge in [-0.05, 0) is 0 Å². The van der Waals surface area contributed by atoms with Gasteiger partial charge >= 0.3 is 58.1 Å². The van der Waals surface area contributed by atoms with Crippen LogP contribution in [0.4, 0.5) is 0 Å². The monoisotopic (exact) mass is 150 g/mol. The van der Waals surface area contributed by atoms with Crippen LogP contribution in [0.5, 0.6) is 0 Å². The Labute approximate surface area is 58.9 Å². The van der Waals surface area contributed by atoms with E-state index in [-0.39, 0.29) is 0 Å². The summed E-state index contributed by atoms with van der Waals surface area (Å²) in [6, 6.07) is 0. The molecule has 0 radical (unpaired) electrons. The van der Waals surface area contributed by atoms with Crippen LogP contribution in [0.25, 0.3) is 0 Å². The van der Waals surface area contributed by atoms with Gasteiger partial charge in [0.05, 0.1) is 0 Å². The average Bonchev–Trinajstić information content (AvgIpc) is 1.63. The molecule has 0 aliphatic rings. The number of hydrogen-bond acceptors (Lipinski definition) is 1. The van der Waals surface area contributed by atoms with E-state index < -0.39 is 7.49 Å². The Bertz CT molecular complexity index is 65.8. The molecule has 0 aliphatic carbocycles. The second-order valence-electron chi connectivity index (χ2n) is 3.27. The van der Waals surface area contributed by atoms with Crippen LogP contribution in [0.2, 0.25) is 0 Å². The maximum atomic E-state index is 9.38. The van der Waals surface area contributed by atoms with E-state index in [1.54, 1.807) is 0 Å². The zero-order valence-electron chi connectivity index (χ0n) is 6.78. The molecule has 0 saturated carbocycles. The van der Waals surface area contributed by atoms with Crippen LogP contribution in [0.15, 0.2) is 0 Å². The molecule has 0 rings (SSSR count). The third-order valence-corrected chi connectivity index (χ3v) is 2.97. The summed E-state index contributed by atoms with van der Waals surface area (Å²) in [5.41, 5.74) is 0. The van der Waals surface area contributed by atoms with Crippen molar-refractivity contribution in [2.75, 3.05) is 19.5 Å². The first kappa shape index (κ1) is 9.39. The molecule has 1 nitrogen and oxygen atoms in total. The molecule has 0 unspecified atom stereocenters. The van der Waals surface area contributed by atoms with E-state index in [2.05, 4.69) is 6.92 Å². The SMILES string of the molecule is CCCCC[PH](C)(C)O. The Hall–Kier alpha value is 0.390. The van der Waals surface area contributed by atoms with Crippen LogP contribution in [-0.2, 0) is 0 Å². The predicted molar refractivity (Wildman–Crippen MR) is 46.8 cm³/mol. The van der Waals surface area contributed by atoms with E-state index in [9.17, 15) is 4.89 Å². The summed E-state index contributed by atoms with van der Waals surface area (Å²) in [6.07, 6.45) is 4.81. The van der Waals surface area contributed by atoms with Crippen molar-refractivity contribution in [2.24, 2.45) is 0 Å². The molecule has 58 valence electrons. The Morgan fingerprint density at radius 2 is 1.78 bits per heavy atom. The fraction of sp³-hybridized carbons (Fsp3) is 1.00. The molecular formula is C7H19OP. The quantitative estimate of drug-likeness (QED) is 0.480. The van der Waals surface area contributed by atoms with Crippen LogP contribution < -0.4 is 0 Å². The van der Waals surface area contributed by atoms with Crippen molar-refractivity contribution in [1.82, 2.24) is 0 Å². The van der Waals surface area contributed by atoms with Crippen LogP contribution in [-0.4, -0.2) is 24.4 Å². The first-order chi connectivity index (χ1) is 4.06. The standard InChI is InChI=1S/C7H19OP/c1-4-5-6-7-9(2,3)8/h8-9H,4-7H2,1-3H3. The van der Waals surface area contributed by atoms with E-state index >= 15 is 0 Å². The minimum absolute atomic E-state index is 1.07. The van der Waals surface area contributed by atoms with Crippen molar-refractivity contribution in [3.8, 4) is 0 Å². The fourth-order valence-corrected chi connectivity index (χ4v) is 1.92. The fourth-order valence-electron chi connectivity index (χ4n) is 0.808. The van der Waals surface area contributed by atoms with Gasteiger partial charge in [-0.25, -0.2) is 0 Å². The summed E-state index contributed by atoms with van der Waals surface area (Å²) in [4.78, 5) is 9.38. The summed E-state index contributed by atoms with van der Waals surface area (Å²) in [5, 5.41) is 0. The van der Waals surface area contributed by atoms with E-state index in [4.69, 9.17) is 0 Å². The van der Waals surface area contributed by atoms with Crippen LogP contribution in [0, 0.1) is 0 Å². The minimum atomic E-state index is -1.69. The zero-order valence-corrected chi connectivity index (χ0v) is 7.78. The average molecular weight is 150 g/mol. The van der Waals surface area contributed by atoms with Gasteiger partial charge in [0, 0.05) is 0 Å². The van der Waals surface area contributed by atoms with Crippen molar-refractivity contribution in [1.29, 1.82) is 0 Å². The van der Waals surface area contributed by atoms with Crippen molar-refractivity contribution < 1.29 is 4.89 Å². The number of hydrogen-bond donors (Lipinski definition) is 1. The predicted octanol–water partition coefficient (Wildman–Crippen LogP) is 2.09. The van der Waals surface area contributed by atoms with Crippen molar-refractivity contribution in [3.63, 3.8) is 0 Å². The molecule has 0 heterocycles. The van der Waals surface area contributed by atoms with E-state index in [0.29, 0.717) is 0 Å². The normalized spacial score (nSPS) is 13.8. The maximum absolute atomic E-state index is 9.38. The van der Waals surface area contributed by atoms with E-state index in [1.165, 1.54) is 19.3 Å². The van der Waals surface area contributed by atoms with Crippen molar-refractivity contribution >= 4 is 7.49 Å². The Morgan fingerprint density at radius 1 is 1.22 bits per heavy atom. The Kier molecular flexibility index (Phi) is 4.43. The molecule has 0 aromatic rings. The molecule has 0 spiro atoms. The summed E-state index contributed by atoms with van der Waals surface area (Å²) in [6.45, 7) is 6.19. The molecule has 9 heavy (non-hydrogen) atoms. The van der Waals surface area contributed by atoms with Crippen molar-refractivity contribution in [2.45, 2.75) is 26.2 Å². The first-order valence-corrected chi connectivity index (χ1v) is 6.94. The molecular weight excluding hydrogens is 131 g/mol. The molecule has 0 aromatic heterocycles. The second kappa shape index (κ2) is 4.24. The van der Waals surface area contributed by atoms with Gasteiger partial charge in [-0.1, -0.05) is 0 Å². The molecule has 0 aliphatic heterocycles. The molecule has 0 saturated heterocycles. The van der Waals surface area contributed by atoms with Gasteiger partial charge in [0.25, 0.3) is 0 Å². The molecule has 1 N–H and O–H groups in total. The molecule has 2 heteroatoms. The molecule has 0 fully saturated rings. The summed E-state index contributed by atoms with van der Waals surface area (Å²) in [5.74, 6) is 0. The third-order valence-electron chi connectivity index (χ3n) is 1.39. The van der Waals surface area contributed by atoms with Gasteiger partial charge in [0.15, 0.2) is 0 Å². The molecule has 0 aromatic carbocycles. The molecule has 0 bridgehead atoms. The molecule has 0 amide bonds. The summed E-state index contributed by atoms with van der Waals surface area (Å²) in [7, 11) is -1.69. The Balaban J connectivity index is 3.07. The van der Waals surface area contributed by atoms with Gasteiger partial charge < -0.3 is 0 Å². The third kappa shape index (κ3) is 8.39. The number of rotatable bonds is 4.